The van der Waals surface area contributed by atoms with E-state index < -0.39 is 21.8 Å². The third kappa shape index (κ3) is 3.28. The minimum atomic E-state index is -4.49. The van der Waals surface area contributed by atoms with Gasteiger partial charge in [-0.05, 0) is 49.9 Å². The van der Waals surface area contributed by atoms with Crippen LogP contribution in [0.25, 0.3) is 0 Å². The second-order valence-corrected chi connectivity index (χ2v) is 7.66. The monoisotopic (exact) mass is 336 g/mol. The molecule has 0 saturated carbocycles. The van der Waals surface area contributed by atoms with E-state index in [-0.39, 0.29) is 22.4 Å². The maximum atomic E-state index is 12.7. The Hall–Kier alpha value is -1.12. The van der Waals surface area contributed by atoms with Gasteiger partial charge in [-0.3, -0.25) is 0 Å². The van der Waals surface area contributed by atoms with E-state index in [9.17, 15) is 21.6 Å². The summed E-state index contributed by atoms with van der Waals surface area (Å²) in [5, 5.41) is 0. The van der Waals surface area contributed by atoms with Crippen molar-refractivity contribution in [1.29, 1.82) is 0 Å². The molecule has 124 valence electrons. The summed E-state index contributed by atoms with van der Waals surface area (Å²) in [7, 11) is -3.79. The molecule has 1 fully saturated rings. The van der Waals surface area contributed by atoms with Crippen LogP contribution in [-0.4, -0.2) is 31.9 Å². The van der Waals surface area contributed by atoms with Gasteiger partial charge in [0.25, 0.3) is 0 Å². The molecule has 1 heterocycles. The molecule has 2 rings (SSSR count). The topological polar surface area (TPSA) is 63.4 Å². The largest absolute Gasteiger partial charge is 0.416 e. The summed E-state index contributed by atoms with van der Waals surface area (Å²) < 4.78 is 64.5. The second kappa shape index (κ2) is 5.82. The van der Waals surface area contributed by atoms with Crippen LogP contribution in [-0.2, 0) is 16.2 Å². The van der Waals surface area contributed by atoms with E-state index in [4.69, 9.17) is 5.73 Å². The molecule has 1 aliphatic heterocycles. The molecule has 2 atom stereocenters. The van der Waals surface area contributed by atoms with E-state index in [1.165, 1.54) is 11.2 Å². The minimum Gasteiger partial charge on any atom is -0.328 e. The number of sulfonamides is 1. The standard InChI is InChI=1S/C14H19F3N2O2S/c1-9-7-12(14(15,16)17)3-4-13(9)22(20,21)19-6-5-11(8-19)10(2)18/h3-4,7,10-11H,5-6,8,18H2,1-2H3. The molecule has 0 aromatic heterocycles. The fraction of sp³-hybridized carbons (Fsp3) is 0.571. The van der Waals surface area contributed by atoms with E-state index in [2.05, 4.69) is 0 Å². The summed E-state index contributed by atoms with van der Waals surface area (Å²) in [6, 6.07) is 2.59. The molecule has 2 unspecified atom stereocenters. The number of hydrogen-bond donors (Lipinski definition) is 1. The van der Waals surface area contributed by atoms with Crippen molar-refractivity contribution in [3.05, 3.63) is 29.3 Å². The van der Waals surface area contributed by atoms with Crippen molar-refractivity contribution in [2.45, 2.75) is 37.4 Å². The number of benzene rings is 1. The lowest BCUT2D eigenvalue weighted by Crippen LogP contribution is -2.33. The van der Waals surface area contributed by atoms with Gasteiger partial charge in [0.2, 0.25) is 10.0 Å². The highest BCUT2D eigenvalue weighted by Gasteiger charge is 2.36. The number of aryl methyl sites for hydroxylation is 1. The second-order valence-electron chi connectivity index (χ2n) is 5.75. The summed E-state index contributed by atoms with van der Waals surface area (Å²) >= 11 is 0. The van der Waals surface area contributed by atoms with Gasteiger partial charge in [0, 0.05) is 19.1 Å². The Morgan fingerprint density at radius 3 is 2.45 bits per heavy atom. The smallest absolute Gasteiger partial charge is 0.328 e. The van der Waals surface area contributed by atoms with Crippen molar-refractivity contribution in [2.75, 3.05) is 13.1 Å². The Kier molecular flexibility index (Phi) is 4.56. The van der Waals surface area contributed by atoms with Crippen LogP contribution in [0.2, 0.25) is 0 Å². The molecule has 1 aromatic carbocycles. The molecule has 22 heavy (non-hydrogen) atoms. The summed E-state index contributed by atoms with van der Waals surface area (Å²) in [4.78, 5) is -0.0779. The molecule has 8 heteroatoms. The Balaban J connectivity index is 2.31. The third-order valence-electron chi connectivity index (χ3n) is 4.05. The van der Waals surface area contributed by atoms with Crippen LogP contribution in [0.15, 0.2) is 23.1 Å². The van der Waals surface area contributed by atoms with Crippen molar-refractivity contribution in [1.82, 2.24) is 4.31 Å². The van der Waals surface area contributed by atoms with Crippen molar-refractivity contribution in [3.8, 4) is 0 Å². The van der Waals surface area contributed by atoms with E-state index in [0.717, 1.165) is 18.2 Å². The first-order chi connectivity index (χ1) is 10.0. The highest BCUT2D eigenvalue weighted by molar-refractivity contribution is 7.89. The Bertz CT molecular complexity index is 657. The molecule has 1 aliphatic rings. The number of hydrogen-bond acceptors (Lipinski definition) is 3. The number of rotatable bonds is 3. The first kappa shape index (κ1) is 17.2. The molecule has 1 saturated heterocycles. The molecule has 0 bridgehead atoms. The minimum absolute atomic E-state index is 0.0736. The molecular formula is C14H19F3N2O2S. The summed E-state index contributed by atoms with van der Waals surface area (Å²) in [6.45, 7) is 3.85. The Morgan fingerprint density at radius 1 is 1.36 bits per heavy atom. The normalized spacial score (nSPS) is 22.0. The van der Waals surface area contributed by atoms with Gasteiger partial charge in [0.1, 0.15) is 0 Å². The van der Waals surface area contributed by atoms with Gasteiger partial charge in [-0.15, -0.1) is 0 Å². The summed E-state index contributed by atoms with van der Waals surface area (Å²) in [5.41, 5.74) is 5.04. The van der Waals surface area contributed by atoms with Crippen LogP contribution in [0.3, 0.4) is 0 Å². The van der Waals surface area contributed by atoms with Crippen molar-refractivity contribution >= 4 is 10.0 Å². The molecule has 0 aliphatic carbocycles. The van der Waals surface area contributed by atoms with Gasteiger partial charge in [-0.25, -0.2) is 8.42 Å². The molecule has 0 spiro atoms. The van der Waals surface area contributed by atoms with Crippen LogP contribution in [0.4, 0.5) is 13.2 Å². The highest BCUT2D eigenvalue weighted by atomic mass is 32.2. The first-order valence-electron chi connectivity index (χ1n) is 6.97. The molecule has 2 N–H and O–H groups in total. The van der Waals surface area contributed by atoms with Crippen LogP contribution >= 0.6 is 0 Å². The van der Waals surface area contributed by atoms with E-state index in [1.54, 1.807) is 0 Å². The fourth-order valence-corrected chi connectivity index (χ4v) is 4.37. The average molecular weight is 336 g/mol. The number of halogens is 3. The maximum absolute atomic E-state index is 12.7. The van der Waals surface area contributed by atoms with Crippen LogP contribution < -0.4 is 5.73 Å². The molecule has 4 nitrogen and oxygen atoms in total. The zero-order valence-electron chi connectivity index (χ0n) is 12.4. The number of alkyl halides is 3. The molecule has 0 radical (unpaired) electrons. The number of nitrogens with zero attached hydrogens (tertiary/aromatic N) is 1. The van der Waals surface area contributed by atoms with Crippen LogP contribution in [0.1, 0.15) is 24.5 Å². The van der Waals surface area contributed by atoms with Crippen LogP contribution in [0, 0.1) is 12.8 Å². The summed E-state index contributed by atoms with van der Waals surface area (Å²) in [5.74, 6) is 0.0736. The Labute approximate surface area is 128 Å². The molecule has 0 amide bonds. The van der Waals surface area contributed by atoms with Crippen molar-refractivity contribution < 1.29 is 21.6 Å². The quantitative estimate of drug-likeness (QED) is 0.922. The fourth-order valence-electron chi connectivity index (χ4n) is 2.66. The first-order valence-corrected chi connectivity index (χ1v) is 8.41. The van der Waals surface area contributed by atoms with Crippen molar-refractivity contribution in [3.63, 3.8) is 0 Å². The average Bonchev–Trinajstić information content (AvgIpc) is 2.87. The van der Waals surface area contributed by atoms with Gasteiger partial charge in [0.05, 0.1) is 10.5 Å². The highest BCUT2D eigenvalue weighted by Crippen LogP contribution is 2.33. The van der Waals surface area contributed by atoms with Gasteiger partial charge in [-0.1, -0.05) is 0 Å². The SMILES string of the molecule is Cc1cc(C(F)(F)F)ccc1S(=O)(=O)N1CCC(C(C)N)C1. The summed E-state index contributed by atoms with van der Waals surface area (Å²) in [6.07, 6.45) is -3.82. The predicted molar refractivity (Wildman–Crippen MR) is 76.7 cm³/mol. The van der Waals surface area contributed by atoms with Gasteiger partial charge < -0.3 is 5.73 Å². The van der Waals surface area contributed by atoms with E-state index >= 15 is 0 Å². The zero-order chi connectivity index (χ0) is 16.7. The zero-order valence-corrected chi connectivity index (χ0v) is 13.2. The number of nitrogens with two attached hydrogens (primary N) is 1. The molecule has 1 aromatic rings. The lowest BCUT2D eigenvalue weighted by molar-refractivity contribution is -0.137. The maximum Gasteiger partial charge on any atom is 0.416 e. The van der Waals surface area contributed by atoms with E-state index in [1.807, 2.05) is 6.92 Å². The van der Waals surface area contributed by atoms with E-state index in [0.29, 0.717) is 19.5 Å². The van der Waals surface area contributed by atoms with Gasteiger partial charge in [0.15, 0.2) is 0 Å². The predicted octanol–water partition coefficient (Wildman–Crippen LogP) is 2.37. The lowest BCUT2D eigenvalue weighted by atomic mass is 10.0. The van der Waals surface area contributed by atoms with Crippen molar-refractivity contribution in [2.24, 2.45) is 11.7 Å². The van der Waals surface area contributed by atoms with Crippen LogP contribution in [0.5, 0.6) is 0 Å². The Morgan fingerprint density at radius 2 is 2.00 bits per heavy atom. The molecular weight excluding hydrogens is 317 g/mol. The third-order valence-corrected chi connectivity index (χ3v) is 6.08. The van der Waals surface area contributed by atoms with Gasteiger partial charge >= 0.3 is 6.18 Å². The van der Waals surface area contributed by atoms with Gasteiger partial charge in [-0.2, -0.15) is 17.5 Å². The lowest BCUT2D eigenvalue weighted by Gasteiger charge is -2.20.